The van der Waals surface area contributed by atoms with Crippen molar-refractivity contribution < 1.29 is 4.79 Å². The van der Waals surface area contributed by atoms with Crippen LogP contribution in [0.25, 0.3) is 11.6 Å². The van der Waals surface area contributed by atoms with Gasteiger partial charge in [-0.1, -0.05) is 65.2 Å². The maximum absolute atomic E-state index is 12.7. The minimum Gasteiger partial charge on any atom is -0.321 e. The maximum Gasteiger partial charge on any atom is 0.255 e. The summed E-state index contributed by atoms with van der Waals surface area (Å²) in [5, 5.41) is 4.63. The van der Waals surface area contributed by atoms with Crippen molar-refractivity contribution in [2.75, 3.05) is 25.0 Å². The Morgan fingerprint density at radius 2 is 1.82 bits per heavy atom. The van der Waals surface area contributed by atoms with Gasteiger partial charge >= 0.3 is 0 Å². The van der Waals surface area contributed by atoms with Crippen LogP contribution in [0.3, 0.4) is 0 Å². The van der Waals surface area contributed by atoms with Crippen LogP contribution in [-0.4, -0.2) is 35.4 Å². The third kappa shape index (κ3) is 6.46. The van der Waals surface area contributed by atoms with Gasteiger partial charge < -0.3 is 5.32 Å². The molecule has 0 spiro atoms. The van der Waals surface area contributed by atoms with Crippen molar-refractivity contribution in [1.82, 2.24) is 9.88 Å². The molecule has 1 aliphatic rings. The van der Waals surface area contributed by atoms with Crippen LogP contribution in [0.5, 0.6) is 0 Å². The van der Waals surface area contributed by atoms with Crippen molar-refractivity contribution in [2.45, 2.75) is 6.42 Å². The molecule has 2 aromatic carbocycles. The third-order valence-corrected chi connectivity index (χ3v) is 6.10. The van der Waals surface area contributed by atoms with E-state index < -0.39 is 0 Å². The van der Waals surface area contributed by atoms with Crippen LogP contribution in [0.1, 0.15) is 27.9 Å². The number of amides is 1. The second kappa shape index (κ2) is 11.0. The zero-order valence-corrected chi connectivity index (χ0v) is 20.0. The topological polar surface area (TPSA) is 45.2 Å². The largest absolute Gasteiger partial charge is 0.321 e. The number of rotatable bonds is 6. The lowest BCUT2D eigenvalue weighted by atomic mass is 9.97. The summed E-state index contributed by atoms with van der Waals surface area (Å²) in [7, 11) is 0. The van der Waals surface area contributed by atoms with Crippen LogP contribution in [0.2, 0.25) is 15.2 Å². The maximum atomic E-state index is 12.7. The van der Waals surface area contributed by atoms with Crippen molar-refractivity contribution in [3.63, 3.8) is 0 Å². The Balaban J connectivity index is 1.43. The molecular weight excluding hydrogens is 477 g/mol. The molecule has 0 saturated heterocycles. The van der Waals surface area contributed by atoms with E-state index >= 15 is 0 Å². The van der Waals surface area contributed by atoms with Gasteiger partial charge in [-0.3, -0.25) is 9.69 Å². The first-order chi connectivity index (χ1) is 16.0. The fourth-order valence-electron chi connectivity index (χ4n) is 3.66. The van der Waals surface area contributed by atoms with Gasteiger partial charge in [-0.05, 0) is 60.0 Å². The molecule has 1 N–H and O–H groups in total. The highest BCUT2D eigenvalue weighted by molar-refractivity contribution is 6.31. The van der Waals surface area contributed by atoms with Gasteiger partial charge in [0.1, 0.15) is 5.15 Å². The van der Waals surface area contributed by atoms with Crippen molar-refractivity contribution in [2.24, 2.45) is 0 Å². The van der Waals surface area contributed by atoms with Crippen LogP contribution in [-0.2, 0) is 0 Å². The fraction of sp³-hybridized carbons (Fsp3) is 0.154. The average Bonchev–Trinajstić information content (AvgIpc) is 2.82. The summed E-state index contributed by atoms with van der Waals surface area (Å²) in [5.41, 5.74) is 4.40. The Hall–Kier alpha value is -2.63. The molecular formula is C26H22Cl3N3O. The summed E-state index contributed by atoms with van der Waals surface area (Å²) in [6.07, 6.45) is 8.83. The number of nitrogens with zero attached hydrogens (tertiary/aromatic N) is 2. The number of aromatic nitrogens is 1. The first kappa shape index (κ1) is 23.5. The van der Waals surface area contributed by atoms with E-state index in [4.69, 9.17) is 34.8 Å². The Morgan fingerprint density at radius 3 is 2.55 bits per heavy atom. The van der Waals surface area contributed by atoms with E-state index in [0.717, 1.165) is 47.9 Å². The summed E-state index contributed by atoms with van der Waals surface area (Å²) >= 11 is 18.1. The van der Waals surface area contributed by atoms with Gasteiger partial charge in [0.2, 0.25) is 0 Å². The lowest BCUT2D eigenvalue weighted by molar-refractivity contribution is 0.102. The number of hydrogen-bond donors (Lipinski definition) is 1. The second-order valence-electron chi connectivity index (χ2n) is 7.70. The molecule has 33 heavy (non-hydrogen) atoms. The Morgan fingerprint density at radius 1 is 1.03 bits per heavy atom. The van der Waals surface area contributed by atoms with Gasteiger partial charge in [0.15, 0.2) is 0 Å². The molecule has 0 unspecified atom stereocenters. The highest BCUT2D eigenvalue weighted by Crippen LogP contribution is 2.31. The summed E-state index contributed by atoms with van der Waals surface area (Å²) in [4.78, 5) is 19.0. The molecule has 4 rings (SSSR count). The Kier molecular flexibility index (Phi) is 7.84. The van der Waals surface area contributed by atoms with Crippen LogP contribution in [0.15, 0.2) is 72.9 Å². The molecule has 7 heteroatoms. The second-order valence-corrected chi connectivity index (χ2v) is 8.96. The van der Waals surface area contributed by atoms with Gasteiger partial charge in [-0.2, -0.15) is 0 Å². The predicted molar refractivity (Wildman–Crippen MR) is 138 cm³/mol. The van der Waals surface area contributed by atoms with E-state index in [-0.39, 0.29) is 11.1 Å². The molecule has 1 amide bonds. The molecule has 0 atom stereocenters. The molecule has 0 saturated carbocycles. The molecule has 0 radical (unpaired) electrons. The number of benzene rings is 2. The molecule has 4 nitrogen and oxygen atoms in total. The molecule has 0 fully saturated rings. The minimum atomic E-state index is -0.242. The minimum absolute atomic E-state index is 0.242. The molecule has 168 valence electrons. The van der Waals surface area contributed by atoms with Gasteiger partial charge in [0.25, 0.3) is 5.91 Å². The van der Waals surface area contributed by atoms with Gasteiger partial charge in [0.05, 0.1) is 0 Å². The smallest absolute Gasteiger partial charge is 0.255 e. The molecule has 2 heterocycles. The van der Waals surface area contributed by atoms with Gasteiger partial charge in [-0.25, -0.2) is 4.98 Å². The highest BCUT2D eigenvalue weighted by atomic mass is 35.5. The molecule has 1 aromatic heterocycles. The summed E-state index contributed by atoms with van der Waals surface area (Å²) in [5.74, 6) is -0.242. The number of nitrogens with one attached hydrogen (secondary N) is 1. The monoisotopic (exact) mass is 497 g/mol. The van der Waals surface area contributed by atoms with Crippen LogP contribution in [0, 0.1) is 0 Å². The van der Waals surface area contributed by atoms with E-state index in [1.165, 1.54) is 11.8 Å². The number of pyridine rings is 1. The average molecular weight is 499 g/mol. The van der Waals surface area contributed by atoms with Crippen molar-refractivity contribution in [3.8, 4) is 0 Å². The lowest BCUT2D eigenvalue weighted by Gasteiger charge is -2.26. The normalized spacial score (nSPS) is 14.3. The number of carbonyl (C=O) groups is 1. The van der Waals surface area contributed by atoms with E-state index in [2.05, 4.69) is 33.4 Å². The number of hydrogen-bond acceptors (Lipinski definition) is 3. The Labute approximate surface area is 208 Å². The lowest BCUT2D eigenvalue weighted by Crippen LogP contribution is -2.28. The molecule has 0 bridgehead atoms. The quantitative estimate of drug-likeness (QED) is 0.369. The van der Waals surface area contributed by atoms with Crippen LogP contribution in [0.4, 0.5) is 5.69 Å². The number of halogens is 3. The molecule has 0 aliphatic carbocycles. The summed E-state index contributed by atoms with van der Waals surface area (Å²) in [6.45, 7) is 2.59. The van der Waals surface area contributed by atoms with E-state index in [1.807, 2.05) is 36.4 Å². The predicted octanol–water partition coefficient (Wildman–Crippen LogP) is 7.10. The fourth-order valence-corrected chi connectivity index (χ4v) is 4.13. The zero-order valence-electron chi connectivity index (χ0n) is 17.8. The zero-order chi connectivity index (χ0) is 23.2. The first-order valence-electron chi connectivity index (χ1n) is 10.5. The van der Waals surface area contributed by atoms with Crippen LogP contribution < -0.4 is 5.32 Å². The van der Waals surface area contributed by atoms with Crippen LogP contribution >= 0.6 is 34.8 Å². The highest BCUT2D eigenvalue weighted by Gasteiger charge is 2.17. The summed E-state index contributed by atoms with van der Waals surface area (Å²) in [6, 6.07) is 16.5. The molecule has 1 aliphatic heterocycles. The SMILES string of the molecule is O=C(Nc1ccc(Cl)cc1C1=CCN(CC=Cc2ccc(Cl)cc2)CC1)c1ccnc(Cl)c1. The molecule has 3 aromatic rings. The Bertz CT molecular complexity index is 1210. The third-order valence-electron chi connectivity index (χ3n) is 5.40. The van der Waals surface area contributed by atoms with Gasteiger partial charge in [0, 0.05) is 52.7 Å². The van der Waals surface area contributed by atoms with Gasteiger partial charge in [-0.15, -0.1) is 0 Å². The number of carbonyl (C=O) groups excluding carboxylic acids is 1. The van der Waals surface area contributed by atoms with E-state index in [9.17, 15) is 4.79 Å². The van der Waals surface area contributed by atoms with Crippen molar-refractivity contribution in [3.05, 3.63) is 105 Å². The summed E-state index contributed by atoms with van der Waals surface area (Å²) < 4.78 is 0. The van der Waals surface area contributed by atoms with E-state index in [1.54, 1.807) is 18.2 Å². The number of anilines is 1. The van der Waals surface area contributed by atoms with Crippen molar-refractivity contribution >= 4 is 58.0 Å². The van der Waals surface area contributed by atoms with E-state index in [0.29, 0.717) is 10.6 Å². The standard InChI is InChI=1S/C26H22Cl3N3O/c27-21-5-3-18(4-6-21)2-1-13-32-14-10-19(11-15-32)23-17-22(28)7-8-24(23)31-26(33)20-9-12-30-25(29)16-20/h1-10,12,16-17H,11,13-15H2,(H,31,33). The first-order valence-corrected chi connectivity index (χ1v) is 11.7. The van der Waals surface area contributed by atoms with Crippen molar-refractivity contribution in [1.29, 1.82) is 0 Å².